The molecule has 0 unspecified atom stereocenters. The Labute approximate surface area is 153 Å². The van der Waals surface area contributed by atoms with Crippen LogP contribution < -0.4 is 9.80 Å². The van der Waals surface area contributed by atoms with Gasteiger partial charge in [0.05, 0.1) is 18.5 Å². The van der Waals surface area contributed by atoms with Gasteiger partial charge in [0.1, 0.15) is 43.9 Å². The third kappa shape index (κ3) is 4.46. The zero-order valence-corrected chi connectivity index (χ0v) is 15.0. The Balaban J connectivity index is 1.80. The highest BCUT2D eigenvalue weighted by molar-refractivity contribution is 5.30. The van der Waals surface area contributed by atoms with Crippen LogP contribution in [0.2, 0.25) is 0 Å². The summed E-state index contributed by atoms with van der Waals surface area (Å²) in [5.74, 6) is -0.431. The van der Waals surface area contributed by atoms with E-state index in [1.54, 1.807) is 0 Å². The van der Waals surface area contributed by atoms with E-state index >= 15 is 0 Å². The van der Waals surface area contributed by atoms with Crippen molar-refractivity contribution in [1.29, 1.82) is 5.26 Å². The molecule has 136 valence electrons. The Morgan fingerprint density at radius 1 is 0.885 bits per heavy atom. The van der Waals surface area contributed by atoms with Crippen molar-refractivity contribution in [2.24, 2.45) is 5.92 Å². The Bertz CT molecular complexity index is 699. The third-order valence-corrected chi connectivity index (χ3v) is 5.23. The molecule has 1 atom stereocenters. The van der Waals surface area contributed by atoms with Crippen molar-refractivity contribution in [1.82, 2.24) is 0 Å². The van der Waals surface area contributed by atoms with Gasteiger partial charge in [0, 0.05) is 11.1 Å². The van der Waals surface area contributed by atoms with Crippen LogP contribution in [0.5, 0.6) is 0 Å². The van der Waals surface area contributed by atoms with Crippen LogP contribution in [-0.2, 0) is 0 Å². The number of hydrogen-bond acceptors (Lipinski definition) is 1. The summed E-state index contributed by atoms with van der Waals surface area (Å²) in [6.07, 6.45) is 0. The minimum absolute atomic E-state index is 0.0612. The van der Waals surface area contributed by atoms with Crippen molar-refractivity contribution < 1.29 is 18.6 Å². The molecule has 0 bridgehead atoms. The molecule has 0 amide bonds. The second-order valence-corrected chi connectivity index (χ2v) is 7.18. The van der Waals surface area contributed by atoms with Crippen LogP contribution in [-0.4, -0.2) is 32.7 Å². The summed E-state index contributed by atoms with van der Waals surface area (Å²) in [7, 11) is 0. The van der Waals surface area contributed by atoms with E-state index in [1.165, 1.54) is 34.1 Å². The number of quaternary nitrogens is 2. The summed E-state index contributed by atoms with van der Waals surface area (Å²) in [4.78, 5) is 2.86. The van der Waals surface area contributed by atoms with Gasteiger partial charge in [-0.15, -0.1) is 0 Å². The molecule has 0 radical (unpaired) electrons. The van der Waals surface area contributed by atoms with Gasteiger partial charge in [-0.1, -0.05) is 0 Å². The first kappa shape index (κ1) is 18.5. The maximum absolute atomic E-state index is 13.4. The average molecular weight is 357 g/mol. The van der Waals surface area contributed by atoms with Crippen molar-refractivity contribution in [3.05, 3.63) is 71.3 Å². The SMILES string of the molecule is C[C@@H](C#N)C[NH+]1CC[NH+](C(c2ccc(F)cc2)c2ccc(F)cc2)CC1. The molecule has 2 aromatic rings. The van der Waals surface area contributed by atoms with Gasteiger partial charge in [0.25, 0.3) is 0 Å². The molecule has 3 rings (SSSR count). The van der Waals surface area contributed by atoms with Gasteiger partial charge in [0.15, 0.2) is 0 Å². The summed E-state index contributed by atoms with van der Waals surface area (Å²) < 4.78 is 26.7. The Hall–Kier alpha value is -2.29. The number of rotatable bonds is 5. The topological polar surface area (TPSA) is 32.7 Å². The fourth-order valence-electron chi connectivity index (χ4n) is 3.87. The van der Waals surface area contributed by atoms with Crippen LogP contribution in [0.4, 0.5) is 8.78 Å². The molecule has 0 aliphatic carbocycles. The molecule has 1 aliphatic heterocycles. The molecule has 0 aromatic heterocycles. The van der Waals surface area contributed by atoms with Crippen molar-refractivity contribution in [2.45, 2.75) is 13.0 Å². The zero-order valence-electron chi connectivity index (χ0n) is 15.0. The Morgan fingerprint density at radius 3 is 1.77 bits per heavy atom. The van der Waals surface area contributed by atoms with Crippen LogP contribution in [0.15, 0.2) is 48.5 Å². The second kappa shape index (κ2) is 8.39. The molecule has 0 saturated carbocycles. The van der Waals surface area contributed by atoms with Gasteiger partial charge in [-0.25, -0.2) is 8.78 Å². The quantitative estimate of drug-likeness (QED) is 0.822. The van der Waals surface area contributed by atoms with E-state index in [9.17, 15) is 8.78 Å². The average Bonchev–Trinajstić information content (AvgIpc) is 2.66. The smallest absolute Gasteiger partial charge is 0.139 e. The van der Waals surface area contributed by atoms with E-state index < -0.39 is 0 Å². The first-order chi connectivity index (χ1) is 12.6. The van der Waals surface area contributed by atoms with Gasteiger partial charge in [-0.2, -0.15) is 5.26 Å². The molecule has 2 aromatic carbocycles. The lowest BCUT2D eigenvalue weighted by atomic mass is 9.96. The van der Waals surface area contributed by atoms with Crippen molar-refractivity contribution in [3.8, 4) is 6.07 Å². The van der Waals surface area contributed by atoms with Crippen LogP contribution >= 0.6 is 0 Å². The standard InChI is InChI=1S/C21H23F2N3/c1-16(14-24)15-25-10-12-26(13-11-25)21(17-2-6-19(22)7-3-17)18-4-8-20(23)9-5-18/h2-9,16,21H,10-13,15H2,1H3/p+2/t16-/m0/s1. The van der Waals surface area contributed by atoms with Crippen LogP contribution in [0.1, 0.15) is 24.1 Å². The van der Waals surface area contributed by atoms with Crippen molar-refractivity contribution in [3.63, 3.8) is 0 Å². The first-order valence-corrected chi connectivity index (χ1v) is 9.15. The van der Waals surface area contributed by atoms with Gasteiger partial charge < -0.3 is 9.80 Å². The van der Waals surface area contributed by atoms with E-state index in [-0.39, 0.29) is 23.6 Å². The third-order valence-electron chi connectivity index (χ3n) is 5.23. The second-order valence-electron chi connectivity index (χ2n) is 7.18. The lowest BCUT2D eigenvalue weighted by Gasteiger charge is -2.35. The number of benzene rings is 2. The van der Waals surface area contributed by atoms with Gasteiger partial charge in [0.2, 0.25) is 0 Å². The van der Waals surface area contributed by atoms with Crippen LogP contribution in [0, 0.1) is 28.9 Å². The molecule has 1 heterocycles. The maximum atomic E-state index is 13.4. The van der Waals surface area contributed by atoms with Crippen molar-refractivity contribution >= 4 is 0 Å². The molecular formula is C21H25F2N3+2. The highest BCUT2D eigenvalue weighted by atomic mass is 19.1. The number of halogens is 2. The highest BCUT2D eigenvalue weighted by Crippen LogP contribution is 2.20. The van der Waals surface area contributed by atoms with E-state index in [4.69, 9.17) is 5.26 Å². The van der Waals surface area contributed by atoms with E-state index in [2.05, 4.69) is 6.07 Å². The summed E-state index contributed by atoms with van der Waals surface area (Å²) in [6.45, 7) is 6.77. The first-order valence-electron chi connectivity index (χ1n) is 9.15. The van der Waals surface area contributed by atoms with Gasteiger partial charge >= 0.3 is 0 Å². The molecule has 1 saturated heterocycles. The van der Waals surface area contributed by atoms with Gasteiger partial charge in [-0.05, 0) is 55.5 Å². The van der Waals surface area contributed by atoms with Gasteiger partial charge in [-0.3, -0.25) is 0 Å². The fourth-order valence-corrected chi connectivity index (χ4v) is 3.87. The lowest BCUT2D eigenvalue weighted by Crippen LogP contribution is -3.28. The predicted octanol–water partition coefficient (Wildman–Crippen LogP) is 0.997. The molecule has 3 nitrogen and oxygen atoms in total. The van der Waals surface area contributed by atoms with E-state index in [1.807, 2.05) is 31.2 Å². The molecule has 0 spiro atoms. The summed E-state index contributed by atoms with van der Waals surface area (Å²) in [5, 5.41) is 9.02. The zero-order chi connectivity index (χ0) is 18.5. The molecule has 26 heavy (non-hydrogen) atoms. The van der Waals surface area contributed by atoms with Crippen LogP contribution in [0.25, 0.3) is 0 Å². The van der Waals surface area contributed by atoms with Crippen LogP contribution in [0.3, 0.4) is 0 Å². The molecule has 1 fully saturated rings. The lowest BCUT2D eigenvalue weighted by molar-refractivity contribution is -1.02. The summed E-state index contributed by atoms with van der Waals surface area (Å²) >= 11 is 0. The number of piperazine rings is 1. The minimum atomic E-state index is -0.249. The predicted molar refractivity (Wildman–Crippen MR) is 95.7 cm³/mol. The molecular weight excluding hydrogens is 332 g/mol. The van der Waals surface area contributed by atoms with E-state index in [0.717, 1.165) is 43.9 Å². The molecule has 5 heteroatoms. The fraction of sp³-hybridized carbons (Fsp3) is 0.381. The maximum Gasteiger partial charge on any atom is 0.139 e. The number of nitrogens with zero attached hydrogens (tertiary/aromatic N) is 1. The summed E-state index contributed by atoms with van der Waals surface area (Å²) in [5.41, 5.74) is 2.09. The minimum Gasteiger partial charge on any atom is -0.325 e. The molecule has 1 aliphatic rings. The monoisotopic (exact) mass is 357 g/mol. The number of hydrogen-bond donors (Lipinski definition) is 2. The number of nitrogens with one attached hydrogen (secondary N) is 2. The highest BCUT2D eigenvalue weighted by Gasteiger charge is 2.32. The Kier molecular flexibility index (Phi) is 5.97. The summed E-state index contributed by atoms with van der Waals surface area (Å²) in [6, 6.07) is 15.6. The molecule has 2 N–H and O–H groups in total. The van der Waals surface area contributed by atoms with Crippen molar-refractivity contribution in [2.75, 3.05) is 32.7 Å². The number of nitriles is 1. The van der Waals surface area contributed by atoms with E-state index in [0.29, 0.717) is 0 Å². The largest absolute Gasteiger partial charge is 0.325 e. The normalized spacial score (nSPS) is 21.3. The Morgan fingerprint density at radius 2 is 1.35 bits per heavy atom.